The zero-order valence-corrected chi connectivity index (χ0v) is 13.7. The molecule has 21 heavy (non-hydrogen) atoms. The summed E-state index contributed by atoms with van der Waals surface area (Å²) >= 11 is 1.73. The number of rotatable bonds is 9. The Morgan fingerprint density at radius 1 is 1.29 bits per heavy atom. The molecule has 1 unspecified atom stereocenters. The highest BCUT2D eigenvalue weighted by atomic mass is 32.1. The van der Waals surface area contributed by atoms with E-state index in [1.807, 2.05) is 0 Å². The van der Waals surface area contributed by atoms with Crippen molar-refractivity contribution in [2.45, 2.75) is 32.2 Å². The first-order valence-corrected chi connectivity index (χ1v) is 8.42. The molecule has 3 nitrogen and oxygen atoms in total. The zero-order valence-electron chi connectivity index (χ0n) is 12.8. The van der Waals surface area contributed by atoms with Gasteiger partial charge in [0.15, 0.2) is 0 Å². The number of methoxy groups -OCH3 is 1. The van der Waals surface area contributed by atoms with E-state index in [2.05, 4.69) is 48.0 Å². The number of nitrogens with zero attached hydrogens (tertiary/aromatic N) is 1. The summed E-state index contributed by atoms with van der Waals surface area (Å²) < 4.78 is 5.11. The Balaban J connectivity index is 2.02. The first-order chi connectivity index (χ1) is 10.3. The van der Waals surface area contributed by atoms with E-state index in [1.165, 1.54) is 11.3 Å². The van der Waals surface area contributed by atoms with Gasteiger partial charge < -0.3 is 10.1 Å². The van der Waals surface area contributed by atoms with Crippen molar-refractivity contribution in [1.82, 2.24) is 10.3 Å². The smallest absolute Gasteiger partial charge is 0.0951 e. The first kappa shape index (κ1) is 16.1. The molecule has 0 fully saturated rings. The second-order valence-corrected chi connectivity index (χ2v) is 6.04. The summed E-state index contributed by atoms with van der Waals surface area (Å²) in [6.45, 7) is 3.96. The van der Waals surface area contributed by atoms with Crippen molar-refractivity contribution in [2.24, 2.45) is 0 Å². The highest BCUT2D eigenvalue weighted by Crippen LogP contribution is 2.20. The lowest BCUT2D eigenvalue weighted by molar-refractivity contribution is 0.202. The van der Waals surface area contributed by atoms with Gasteiger partial charge in [0.25, 0.3) is 0 Å². The number of benzene rings is 1. The van der Waals surface area contributed by atoms with E-state index in [1.54, 1.807) is 18.4 Å². The minimum absolute atomic E-state index is 0.337. The molecule has 0 amide bonds. The van der Waals surface area contributed by atoms with E-state index in [9.17, 15) is 0 Å². The van der Waals surface area contributed by atoms with E-state index in [0.29, 0.717) is 6.04 Å². The van der Waals surface area contributed by atoms with E-state index < -0.39 is 0 Å². The predicted octanol–water partition coefficient (Wildman–Crippen LogP) is 3.62. The number of hydrogen-bond acceptors (Lipinski definition) is 4. The van der Waals surface area contributed by atoms with Crippen LogP contribution in [0.1, 0.15) is 35.7 Å². The molecule has 0 radical (unpaired) electrons. The minimum Gasteiger partial charge on any atom is -0.384 e. The van der Waals surface area contributed by atoms with E-state index in [0.717, 1.165) is 37.4 Å². The molecule has 0 saturated carbocycles. The minimum atomic E-state index is 0.337. The molecule has 2 rings (SSSR count). The van der Waals surface area contributed by atoms with Crippen molar-refractivity contribution in [2.75, 3.05) is 20.3 Å². The third kappa shape index (κ3) is 5.23. The quantitative estimate of drug-likeness (QED) is 0.768. The molecule has 0 saturated heterocycles. The fourth-order valence-electron chi connectivity index (χ4n) is 2.27. The molecule has 4 heteroatoms. The number of thiazole rings is 1. The maximum atomic E-state index is 5.11. The van der Waals surface area contributed by atoms with Crippen LogP contribution in [0.4, 0.5) is 0 Å². The normalized spacial score (nSPS) is 12.5. The van der Waals surface area contributed by atoms with E-state index >= 15 is 0 Å². The lowest BCUT2D eigenvalue weighted by Gasteiger charge is -2.18. The molecule has 2 aromatic rings. The third-order valence-electron chi connectivity index (χ3n) is 3.38. The molecule has 1 atom stereocenters. The Hall–Kier alpha value is -1.23. The summed E-state index contributed by atoms with van der Waals surface area (Å²) in [6, 6.07) is 11.0. The van der Waals surface area contributed by atoms with Gasteiger partial charge in [-0.15, -0.1) is 11.3 Å². The summed E-state index contributed by atoms with van der Waals surface area (Å²) in [4.78, 5) is 4.72. The fraction of sp³-hybridized carbons (Fsp3) is 0.471. The van der Waals surface area contributed by atoms with Gasteiger partial charge in [-0.3, -0.25) is 0 Å². The van der Waals surface area contributed by atoms with Gasteiger partial charge in [0.05, 0.1) is 17.3 Å². The van der Waals surface area contributed by atoms with Gasteiger partial charge in [0.2, 0.25) is 0 Å². The molecule has 0 aliphatic heterocycles. The van der Waals surface area contributed by atoms with E-state index in [-0.39, 0.29) is 0 Å². The second kappa shape index (κ2) is 8.93. The summed E-state index contributed by atoms with van der Waals surface area (Å²) in [7, 11) is 1.73. The van der Waals surface area contributed by atoms with Crippen LogP contribution in [0, 0.1) is 0 Å². The molecule has 114 valence electrons. The summed E-state index contributed by atoms with van der Waals surface area (Å²) in [6.07, 6.45) is 2.98. The molecular formula is C17H24N2OS. The van der Waals surface area contributed by atoms with Crippen molar-refractivity contribution in [3.8, 4) is 0 Å². The molecule has 1 aromatic heterocycles. The maximum absolute atomic E-state index is 5.11. The number of ether oxygens (including phenoxy) is 1. The van der Waals surface area contributed by atoms with Crippen LogP contribution in [0.25, 0.3) is 0 Å². The largest absolute Gasteiger partial charge is 0.384 e. The average molecular weight is 304 g/mol. The van der Waals surface area contributed by atoms with Crippen molar-refractivity contribution in [3.63, 3.8) is 0 Å². The van der Waals surface area contributed by atoms with Crippen LogP contribution in [0.5, 0.6) is 0 Å². The molecule has 0 aliphatic carbocycles. The molecule has 0 aliphatic rings. The van der Waals surface area contributed by atoms with Crippen molar-refractivity contribution >= 4 is 11.3 Å². The zero-order chi connectivity index (χ0) is 14.9. The fourth-order valence-corrected chi connectivity index (χ4v) is 3.06. The number of nitrogens with one attached hydrogen (secondary N) is 1. The van der Waals surface area contributed by atoms with Gasteiger partial charge in [0, 0.05) is 31.4 Å². The Labute approximate surface area is 131 Å². The van der Waals surface area contributed by atoms with Crippen molar-refractivity contribution < 1.29 is 4.74 Å². The van der Waals surface area contributed by atoms with Crippen LogP contribution in [0.3, 0.4) is 0 Å². The lowest BCUT2D eigenvalue weighted by atomic mass is 10.0. The van der Waals surface area contributed by atoms with Crippen molar-refractivity contribution in [3.05, 3.63) is 52.0 Å². The SMILES string of the molecule is CCCNC(Cc1csc(CCOC)n1)c1ccccc1. The molecule has 1 heterocycles. The molecule has 0 spiro atoms. The average Bonchev–Trinajstić information content (AvgIpc) is 2.97. The summed E-state index contributed by atoms with van der Waals surface area (Å²) in [5.74, 6) is 0. The van der Waals surface area contributed by atoms with Crippen LogP contribution >= 0.6 is 11.3 Å². The second-order valence-electron chi connectivity index (χ2n) is 5.10. The van der Waals surface area contributed by atoms with Crippen LogP contribution in [-0.4, -0.2) is 25.2 Å². The lowest BCUT2D eigenvalue weighted by Crippen LogP contribution is -2.24. The number of hydrogen-bond donors (Lipinski definition) is 1. The van der Waals surface area contributed by atoms with Gasteiger partial charge in [-0.1, -0.05) is 37.3 Å². The van der Waals surface area contributed by atoms with Crippen LogP contribution in [0.15, 0.2) is 35.7 Å². The molecular weight excluding hydrogens is 280 g/mol. The van der Waals surface area contributed by atoms with Crippen LogP contribution in [0.2, 0.25) is 0 Å². The predicted molar refractivity (Wildman–Crippen MR) is 88.9 cm³/mol. The third-order valence-corrected chi connectivity index (χ3v) is 4.33. The number of aromatic nitrogens is 1. The van der Waals surface area contributed by atoms with Crippen LogP contribution in [-0.2, 0) is 17.6 Å². The van der Waals surface area contributed by atoms with Gasteiger partial charge in [-0.05, 0) is 18.5 Å². The molecule has 1 N–H and O–H groups in total. The van der Waals surface area contributed by atoms with E-state index in [4.69, 9.17) is 9.72 Å². The van der Waals surface area contributed by atoms with Gasteiger partial charge in [-0.2, -0.15) is 0 Å². The molecule has 1 aromatic carbocycles. The summed E-state index contributed by atoms with van der Waals surface area (Å²) in [5, 5.41) is 6.96. The Morgan fingerprint density at radius 3 is 2.81 bits per heavy atom. The van der Waals surface area contributed by atoms with Gasteiger partial charge in [-0.25, -0.2) is 4.98 Å². The summed E-state index contributed by atoms with van der Waals surface area (Å²) in [5.41, 5.74) is 2.50. The van der Waals surface area contributed by atoms with Crippen LogP contribution < -0.4 is 5.32 Å². The Morgan fingerprint density at radius 2 is 2.10 bits per heavy atom. The molecule has 0 bridgehead atoms. The van der Waals surface area contributed by atoms with Crippen molar-refractivity contribution in [1.29, 1.82) is 0 Å². The standard InChI is InChI=1S/C17H24N2OS/c1-3-10-18-16(14-7-5-4-6-8-14)12-15-13-21-17(19-15)9-11-20-2/h4-8,13,16,18H,3,9-12H2,1-2H3. The maximum Gasteiger partial charge on any atom is 0.0951 e. The topological polar surface area (TPSA) is 34.1 Å². The Bertz CT molecular complexity index is 513. The first-order valence-electron chi connectivity index (χ1n) is 7.54. The highest BCUT2D eigenvalue weighted by molar-refractivity contribution is 7.09. The van der Waals surface area contributed by atoms with Gasteiger partial charge in [0.1, 0.15) is 0 Å². The monoisotopic (exact) mass is 304 g/mol. The highest BCUT2D eigenvalue weighted by Gasteiger charge is 2.13. The Kier molecular flexibility index (Phi) is 6.86. The van der Waals surface area contributed by atoms with Gasteiger partial charge >= 0.3 is 0 Å².